The van der Waals surface area contributed by atoms with Crippen LogP contribution in [-0.4, -0.2) is 23.6 Å². The molecule has 0 N–H and O–H groups in total. The van der Waals surface area contributed by atoms with Crippen molar-refractivity contribution >= 4 is 5.65 Å². The number of ether oxygens (including phenoxy) is 2. The van der Waals surface area contributed by atoms with Gasteiger partial charge in [-0.1, -0.05) is 13.3 Å². The second-order valence-electron chi connectivity index (χ2n) is 6.10. The van der Waals surface area contributed by atoms with Crippen molar-refractivity contribution in [1.29, 1.82) is 0 Å². The summed E-state index contributed by atoms with van der Waals surface area (Å²) in [6, 6.07) is 4.23. The summed E-state index contributed by atoms with van der Waals surface area (Å²) in [5.41, 5.74) is 6.57. The molecule has 0 saturated heterocycles. The number of imidazole rings is 1. The Morgan fingerprint density at radius 3 is 2.29 bits per heavy atom. The molecule has 0 atom stereocenters. The number of pyridine rings is 1. The normalized spacial score (nSPS) is 11.0. The van der Waals surface area contributed by atoms with Crippen LogP contribution in [0.3, 0.4) is 0 Å². The zero-order valence-electron chi connectivity index (χ0n) is 15.0. The lowest BCUT2D eigenvalue weighted by atomic mass is 9.95. The molecule has 0 aliphatic carbocycles. The maximum atomic E-state index is 5.73. The van der Waals surface area contributed by atoms with Gasteiger partial charge in [0.05, 0.1) is 19.8 Å². The molecule has 24 heavy (non-hydrogen) atoms. The van der Waals surface area contributed by atoms with E-state index >= 15 is 0 Å². The number of aryl methyl sites for hydroxylation is 2. The van der Waals surface area contributed by atoms with Crippen molar-refractivity contribution in [2.45, 2.75) is 33.6 Å². The van der Waals surface area contributed by atoms with E-state index in [9.17, 15) is 0 Å². The summed E-state index contributed by atoms with van der Waals surface area (Å²) < 4.78 is 13.5. The van der Waals surface area contributed by atoms with E-state index in [0.717, 1.165) is 41.1 Å². The van der Waals surface area contributed by atoms with Crippen LogP contribution >= 0.6 is 0 Å². The van der Waals surface area contributed by atoms with Gasteiger partial charge in [-0.15, -0.1) is 0 Å². The van der Waals surface area contributed by atoms with Crippen molar-refractivity contribution in [3.8, 4) is 22.6 Å². The molecule has 1 aromatic carbocycles. The zero-order valence-corrected chi connectivity index (χ0v) is 15.0. The van der Waals surface area contributed by atoms with Gasteiger partial charge in [0.2, 0.25) is 0 Å². The van der Waals surface area contributed by atoms with Crippen LogP contribution in [0.2, 0.25) is 0 Å². The topological polar surface area (TPSA) is 35.8 Å². The first kappa shape index (κ1) is 16.4. The SMILES string of the molecule is CCCc1cc(OC)c(-c2c(C)c(C)cn3ccnc23)c(OC)c1. The molecule has 3 rings (SSSR count). The van der Waals surface area contributed by atoms with E-state index in [-0.39, 0.29) is 0 Å². The first-order valence-corrected chi connectivity index (χ1v) is 8.28. The van der Waals surface area contributed by atoms with Crippen LogP contribution in [0, 0.1) is 13.8 Å². The van der Waals surface area contributed by atoms with E-state index in [1.54, 1.807) is 14.2 Å². The fourth-order valence-corrected chi connectivity index (χ4v) is 3.23. The number of rotatable bonds is 5. The van der Waals surface area contributed by atoms with Crippen LogP contribution < -0.4 is 9.47 Å². The van der Waals surface area contributed by atoms with Gasteiger partial charge in [0.25, 0.3) is 0 Å². The fourth-order valence-electron chi connectivity index (χ4n) is 3.23. The van der Waals surface area contributed by atoms with Crippen molar-refractivity contribution in [1.82, 2.24) is 9.38 Å². The number of benzene rings is 1. The Morgan fingerprint density at radius 2 is 1.71 bits per heavy atom. The largest absolute Gasteiger partial charge is 0.496 e. The van der Waals surface area contributed by atoms with Gasteiger partial charge >= 0.3 is 0 Å². The molecule has 0 radical (unpaired) electrons. The molecule has 0 saturated carbocycles. The molecule has 0 amide bonds. The summed E-state index contributed by atoms with van der Waals surface area (Å²) in [6.07, 6.45) is 7.97. The molecule has 0 bridgehead atoms. The molecular weight excluding hydrogens is 300 g/mol. The predicted octanol–water partition coefficient (Wildman–Crippen LogP) is 4.59. The molecule has 3 aromatic rings. The van der Waals surface area contributed by atoms with E-state index in [0.29, 0.717) is 0 Å². The first-order chi connectivity index (χ1) is 11.6. The number of fused-ring (bicyclic) bond motifs is 1. The maximum absolute atomic E-state index is 5.73. The third-order valence-electron chi connectivity index (χ3n) is 4.55. The van der Waals surface area contributed by atoms with Crippen LogP contribution in [0.1, 0.15) is 30.0 Å². The number of methoxy groups -OCH3 is 2. The van der Waals surface area contributed by atoms with Crippen LogP contribution in [0.25, 0.3) is 16.8 Å². The second-order valence-corrected chi connectivity index (χ2v) is 6.10. The van der Waals surface area contributed by atoms with E-state index in [1.165, 1.54) is 16.7 Å². The highest BCUT2D eigenvalue weighted by molar-refractivity contribution is 5.89. The van der Waals surface area contributed by atoms with Gasteiger partial charge in [-0.3, -0.25) is 0 Å². The maximum Gasteiger partial charge on any atom is 0.145 e. The molecule has 2 heterocycles. The molecule has 0 aliphatic rings. The summed E-state index contributed by atoms with van der Waals surface area (Å²) in [5.74, 6) is 1.66. The Hall–Kier alpha value is -2.49. The molecule has 4 nitrogen and oxygen atoms in total. The highest BCUT2D eigenvalue weighted by Gasteiger charge is 2.21. The minimum Gasteiger partial charge on any atom is -0.496 e. The first-order valence-electron chi connectivity index (χ1n) is 8.28. The second kappa shape index (κ2) is 6.56. The molecule has 0 spiro atoms. The quantitative estimate of drug-likeness (QED) is 0.689. The van der Waals surface area contributed by atoms with Gasteiger partial charge in [-0.25, -0.2) is 4.98 Å². The molecular formula is C20H24N2O2. The predicted molar refractivity (Wildman–Crippen MR) is 97.2 cm³/mol. The van der Waals surface area contributed by atoms with E-state index in [2.05, 4.69) is 48.5 Å². The van der Waals surface area contributed by atoms with Gasteiger partial charge < -0.3 is 13.9 Å². The smallest absolute Gasteiger partial charge is 0.145 e. The Morgan fingerprint density at radius 1 is 1.04 bits per heavy atom. The summed E-state index contributed by atoms with van der Waals surface area (Å²) in [7, 11) is 3.42. The van der Waals surface area contributed by atoms with Gasteiger partial charge in [0, 0.05) is 24.2 Å². The minimum absolute atomic E-state index is 0.830. The number of hydrogen-bond donors (Lipinski definition) is 0. The summed E-state index contributed by atoms with van der Waals surface area (Å²) in [6.45, 7) is 6.41. The molecule has 0 aliphatic heterocycles. The highest BCUT2D eigenvalue weighted by atomic mass is 16.5. The molecule has 4 heteroatoms. The molecule has 0 unspecified atom stereocenters. The Labute approximate surface area is 143 Å². The van der Waals surface area contributed by atoms with Crippen LogP contribution in [0.5, 0.6) is 11.5 Å². The third kappa shape index (κ3) is 2.62. The lowest BCUT2D eigenvalue weighted by Crippen LogP contribution is -2.01. The van der Waals surface area contributed by atoms with Crippen LogP contribution in [0.15, 0.2) is 30.7 Å². The highest BCUT2D eigenvalue weighted by Crippen LogP contribution is 2.43. The van der Waals surface area contributed by atoms with Gasteiger partial charge in [-0.2, -0.15) is 0 Å². The minimum atomic E-state index is 0.830. The van der Waals surface area contributed by atoms with Crippen LogP contribution in [-0.2, 0) is 6.42 Å². The molecule has 0 fully saturated rings. The lowest BCUT2D eigenvalue weighted by molar-refractivity contribution is 0.396. The average molecular weight is 324 g/mol. The van der Waals surface area contributed by atoms with Crippen LogP contribution in [0.4, 0.5) is 0 Å². The Balaban J connectivity index is 2.37. The lowest BCUT2D eigenvalue weighted by Gasteiger charge is -2.19. The monoisotopic (exact) mass is 324 g/mol. The van der Waals surface area contributed by atoms with E-state index in [1.807, 2.05) is 12.4 Å². The zero-order chi connectivity index (χ0) is 17.3. The number of nitrogens with zero attached hydrogens (tertiary/aromatic N) is 2. The Bertz CT molecular complexity index is 856. The van der Waals surface area contributed by atoms with Crippen molar-refractivity contribution in [2.24, 2.45) is 0 Å². The van der Waals surface area contributed by atoms with Gasteiger partial charge in [0.1, 0.15) is 17.1 Å². The van der Waals surface area contributed by atoms with Crippen molar-refractivity contribution in [3.63, 3.8) is 0 Å². The standard InChI is InChI=1S/C20H24N2O2/c1-6-7-15-10-16(23-4)19(17(11-15)24-5)18-14(3)13(2)12-22-9-8-21-20(18)22/h8-12H,6-7H2,1-5H3. The summed E-state index contributed by atoms with van der Waals surface area (Å²) in [5, 5.41) is 0. The molecule has 126 valence electrons. The van der Waals surface area contributed by atoms with Crippen molar-refractivity contribution < 1.29 is 9.47 Å². The summed E-state index contributed by atoms with van der Waals surface area (Å²) in [4.78, 5) is 4.56. The summed E-state index contributed by atoms with van der Waals surface area (Å²) >= 11 is 0. The van der Waals surface area contributed by atoms with Crippen molar-refractivity contribution in [2.75, 3.05) is 14.2 Å². The number of aromatic nitrogens is 2. The van der Waals surface area contributed by atoms with Gasteiger partial charge in [0.15, 0.2) is 0 Å². The Kier molecular flexibility index (Phi) is 4.47. The molecule has 2 aromatic heterocycles. The number of hydrogen-bond acceptors (Lipinski definition) is 3. The van der Waals surface area contributed by atoms with Crippen molar-refractivity contribution in [3.05, 3.63) is 47.4 Å². The third-order valence-corrected chi connectivity index (χ3v) is 4.55. The van der Waals surface area contributed by atoms with Gasteiger partial charge in [-0.05, 0) is 49.1 Å². The van der Waals surface area contributed by atoms with E-state index in [4.69, 9.17) is 9.47 Å². The van der Waals surface area contributed by atoms with E-state index < -0.39 is 0 Å². The fraction of sp³-hybridized carbons (Fsp3) is 0.350. The average Bonchev–Trinajstić information content (AvgIpc) is 3.03.